The maximum Gasteiger partial charge on any atom is 0.374 e. The zero-order valence-electron chi connectivity index (χ0n) is 28.0. The molecule has 264 valence electrons. The van der Waals surface area contributed by atoms with E-state index in [2.05, 4.69) is 20.9 Å². The Labute approximate surface area is 284 Å². The molecule has 3 fully saturated rings. The second-order valence-electron chi connectivity index (χ2n) is 13.3. The Kier molecular flexibility index (Phi) is 9.04. The summed E-state index contributed by atoms with van der Waals surface area (Å²) in [5.41, 5.74) is 7.16. The minimum atomic E-state index is -1.11. The average Bonchev–Trinajstić information content (AvgIpc) is 3.85. The molecule has 5 aliphatic rings. The van der Waals surface area contributed by atoms with Gasteiger partial charge >= 0.3 is 5.97 Å². The van der Waals surface area contributed by atoms with E-state index in [0.29, 0.717) is 53.8 Å². The number of carbonyl (C=O) groups is 2. The lowest BCUT2D eigenvalue weighted by Gasteiger charge is -2.39. The van der Waals surface area contributed by atoms with E-state index in [1.165, 1.54) is 0 Å². The van der Waals surface area contributed by atoms with Gasteiger partial charge in [0.25, 0.3) is 0 Å². The van der Waals surface area contributed by atoms with Crippen LogP contribution in [-0.2, 0) is 33.9 Å². The summed E-state index contributed by atoms with van der Waals surface area (Å²) < 4.78 is 26.0. The van der Waals surface area contributed by atoms with E-state index in [1.807, 2.05) is 28.7 Å². The van der Waals surface area contributed by atoms with Crippen LogP contribution in [0, 0.1) is 5.92 Å². The predicted octanol–water partition coefficient (Wildman–Crippen LogP) is 0.965. The second kappa shape index (κ2) is 13.3. The summed E-state index contributed by atoms with van der Waals surface area (Å²) in [7, 11) is 1.56. The molecule has 0 radical (unpaired) electrons. The molecule has 0 unspecified atom stereocenters. The fourth-order valence-corrected chi connectivity index (χ4v) is 7.90. The third-order valence-electron chi connectivity index (χ3n) is 10.4. The SMILES string of the molecule is CCOC(=O)C1=C/C(=C\Cn2ccnc2N2CN[C@H]3C(=O)N[C@H](N)N[C@H]32)c2c(OC)c3c(c(CO)c2O1)O[C@H]([C@](C)(O)C1CCCCC1)C3. The van der Waals surface area contributed by atoms with Gasteiger partial charge in [-0.3, -0.25) is 21.2 Å². The first kappa shape index (κ1) is 33.4. The highest BCUT2D eigenvalue weighted by molar-refractivity contribution is 5.96. The second-order valence-corrected chi connectivity index (χ2v) is 13.3. The van der Waals surface area contributed by atoms with Crippen LogP contribution in [0.3, 0.4) is 0 Å². The van der Waals surface area contributed by atoms with Gasteiger partial charge in [-0.1, -0.05) is 25.3 Å². The van der Waals surface area contributed by atoms with Crippen LogP contribution in [0.15, 0.2) is 30.3 Å². The largest absolute Gasteiger partial charge is 0.496 e. The number of ether oxygens (including phenoxy) is 4. The molecule has 1 aromatic carbocycles. The molecule has 15 nitrogen and oxygen atoms in total. The molecule has 49 heavy (non-hydrogen) atoms. The Morgan fingerprint density at radius 3 is 2.80 bits per heavy atom. The molecule has 0 spiro atoms. The quantitative estimate of drug-likeness (QED) is 0.206. The van der Waals surface area contributed by atoms with Gasteiger partial charge in [-0.2, -0.15) is 0 Å². The van der Waals surface area contributed by atoms with Crippen LogP contribution in [-0.4, -0.2) is 82.2 Å². The standard InChI is InChI=1S/C34H45N7O8/c1-4-47-31(44)22-14-18(10-12-40-13-11-36-33(40)41-17-37-25-29(41)38-32(35)39-30(25)43)24-27(46-3)20-15-23(34(2,45)19-8-6-5-7-9-19)49-26(20)21(16-42)28(24)48-22/h10-11,13-14,19,23,25,29,32,37-38,42,45H,4-9,12,15-17,35H2,1-3H3,(H,39,43)/b18-10+/t23-,25+,29-,32+,34+/m0/s1. The van der Waals surface area contributed by atoms with Crippen molar-refractivity contribution in [3.63, 3.8) is 0 Å². The number of fused-ring (bicyclic) bond motifs is 3. The first-order valence-corrected chi connectivity index (χ1v) is 17.0. The van der Waals surface area contributed by atoms with Crippen molar-refractivity contribution in [3.05, 3.63) is 47.0 Å². The van der Waals surface area contributed by atoms with Gasteiger partial charge in [-0.05, 0) is 44.3 Å². The zero-order chi connectivity index (χ0) is 34.4. The summed E-state index contributed by atoms with van der Waals surface area (Å²) in [4.78, 5) is 32.1. The highest BCUT2D eigenvalue weighted by atomic mass is 16.6. The number of allylic oxidation sites excluding steroid dienone is 3. The number of nitrogens with one attached hydrogen (secondary N) is 3. The molecule has 1 saturated carbocycles. The predicted molar refractivity (Wildman–Crippen MR) is 177 cm³/mol. The number of nitrogens with zero attached hydrogens (tertiary/aromatic N) is 3. The summed E-state index contributed by atoms with van der Waals surface area (Å²) in [5.74, 6) is 0.907. The van der Waals surface area contributed by atoms with Gasteiger partial charge in [0.1, 0.15) is 47.5 Å². The van der Waals surface area contributed by atoms with Crippen LogP contribution in [0.1, 0.15) is 62.6 Å². The number of aromatic nitrogens is 2. The maximum atomic E-state index is 13.1. The molecule has 4 aliphatic heterocycles. The van der Waals surface area contributed by atoms with Crippen LogP contribution >= 0.6 is 0 Å². The van der Waals surface area contributed by atoms with Crippen molar-refractivity contribution < 1.29 is 38.7 Å². The molecule has 1 amide bonds. The molecular formula is C34H45N7O8. The molecule has 1 aliphatic carbocycles. The maximum absolute atomic E-state index is 13.1. The van der Waals surface area contributed by atoms with Crippen molar-refractivity contribution in [1.29, 1.82) is 0 Å². The number of hydrogen-bond acceptors (Lipinski definition) is 13. The highest BCUT2D eigenvalue weighted by Gasteiger charge is 2.48. The van der Waals surface area contributed by atoms with Gasteiger partial charge in [0, 0.05) is 30.9 Å². The average molecular weight is 680 g/mol. The Balaban J connectivity index is 1.27. The minimum Gasteiger partial charge on any atom is -0.496 e. The lowest BCUT2D eigenvalue weighted by Crippen LogP contribution is -2.70. The number of esters is 1. The van der Waals surface area contributed by atoms with E-state index in [0.717, 1.165) is 37.7 Å². The summed E-state index contributed by atoms with van der Waals surface area (Å²) in [5, 5.41) is 31.7. The minimum absolute atomic E-state index is 0.0510. The van der Waals surface area contributed by atoms with Crippen LogP contribution in [0.25, 0.3) is 5.57 Å². The van der Waals surface area contributed by atoms with Gasteiger partial charge in [0.15, 0.2) is 0 Å². The van der Waals surface area contributed by atoms with E-state index in [-0.39, 0.29) is 29.9 Å². The third kappa shape index (κ3) is 5.82. The van der Waals surface area contributed by atoms with Crippen LogP contribution in [0.4, 0.5) is 5.95 Å². The summed E-state index contributed by atoms with van der Waals surface area (Å²) >= 11 is 0. The van der Waals surface area contributed by atoms with Crippen molar-refractivity contribution in [2.24, 2.45) is 11.7 Å². The van der Waals surface area contributed by atoms with E-state index < -0.39 is 42.8 Å². The number of amides is 1. The van der Waals surface area contributed by atoms with Crippen LogP contribution in [0.5, 0.6) is 17.2 Å². The van der Waals surface area contributed by atoms with Crippen molar-refractivity contribution in [2.75, 3.05) is 25.3 Å². The van der Waals surface area contributed by atoms with Gasteiger partial charge in [0.05, 0.1) is 38.1 Å². The van der Waals surface area contributed by atoms with Crippen molar-refractivity contribution in [2.45, 2.75) is 95.7 Å². The molecule has 1 aromatic heterocycles. The van der Waals surface area contributed by atoms with Gasteiger partial charge < -0.3 is 43.9 Å². The Hall–Kier alpha value is -4.15. The number of rotatable bonds is 9. The number of imidazole rings is 1. The highest BCUT2D eigenvalue weighted by Crippen LogP contribution is 2.54. The van der Waals surface area contributed by atoms with E-state index in [9.17, 15) is 19.8 Å². The van der Waals surface area contributed by atoms with Gasteiger partial charge in [0.2, 0.25) is 17.6 Å². The van der Waals surface area contributed by atoms with Crippen LogP contribution in [0.2, 0.25) is 0 Å². The number of methoxy groups -OCH3 is 1. The smallest absolute Gasteiger partial charge is 0.374 e. The fourth-order valence-electron chi connectivity index (χ4n) is 7.90. The Bertz CT molecular complexity index is 1680. The number of anilines is 1. The Morgan fingerprint density at radius 1 is 1.27 bits per heavy atom. The molecule has 7 rings (SSSR count). The topological polar surface area (TPSA) is 195 Å². The van der Waals surface area contributed by atoms with Crippen molar-refractivity contribution in [3.8, 4) is 17.2 Å². The number of carbonyl (C=O) groups excluding carboxylic acids is 2. The summed E-state index contributed by atoms with van der Waals surface area (Å²) in [6.45, 7) is 3.94. The number of aliphatic hydroxyl groups excluding tert-OH is 1. The molecule has 15 heteroatoms. The first-order chi connectivity index (χ1) is 23.7. The zero-order valence-corrected chi connectivity index (χ0v) is 28.0. The number of aliphatic hydroxyl groups is 2. The van der Waals surface area contributed by atoms with Crippen molar-refractivity contribution in [1.82, 2.24) is 25.5 Å². The lowest BCUT2D eigenvalue weighted by molar-refractivity contribution is -0.141. The number of nitrogens with two attached hydrogens (primary N) is 1. The number of hydrogen-bond donors (Lipinski definition) is 6. The van der Waals surface area contributed by atoms with E-state index >= 15 is 0 Å². The Morgan fingerprint density at radius 2 is 2.06 bits per heavy atom. The fraction of sp³-hybridized carbons (Fsp3) is 0.559. The molecular weight excluding hydrogens is 634 g/mol. The molecule has 5 heterocycles. The van der Waals surface area contributed by atoms with Crippen LogP contribution < -0.4 is 40.8 Å². The molecule has 2 saturated heterocycles. The summed E-state index contributed by atoms with van der Waals surface area (Å²) in [6, 6.07) is -0.506. The molecule has 2 aromatic rings. The molecule has 5 atom stereocenters. The summed E-state index contributed by atoms with van der Waals surface area (Å²) in [6.07, 6.45) is 10.9. The van der Waals surface area contributed by atoms with E-state index in [4.69, 9.17) is 24.7 Å². The van der Waals surface area contributed by atoms with E-state index in [1.54, 1.807) is 26.3 Å². The third-order valence-corrected chi connectivity index (χ3v) is 10.4. The van der Waals surface area contributed by atoms with Gasteiger partial charge in [-0.25, -0.2) is 9.78 Å². The van der Waals surface area contributed by atoms with Gasteiger partial charge in [-0.15, -0.1) is 0 Å². The monoisotopic (exact) mass is 679 g/mol. The van der Waals surface area contributed by atoms with Crippen molar-refractivity contribution >= 4 is 23.4 Å². The normalized spacial score (nSPS) is 26.9. The molecule has 0 bridgehead atoms. The first-order valence-electron chi connectivity index (χ1n) is 17.0. The lowest BCUT2D eigenvalue weighted by atomic mass is 9.74. The number of benzene rings is 1. The molecule has 7 N–H and O–H groups in total.